The molecule has 1 saturated heterocycles. The number of ether oxygens (including phenoxy) is 2. The van der Waals surface area contributed by atoms with E-state index in [0.29, 0.717) is 5.92 Å². The molecule has 25 heavy (non-hydrogen) atoms. The van der Waals surface area contributed by atoms with Gasteiger partial charge in [-0.05, 0) is 38.0 Å². The zero-order chi connectivity index (χ0) is 17.0. The van der Waals surface area contributed by atoms with Gasteiger partial charge >= 0.3 is 0 Å². The van der Waals surface area contributed by atoms with Crippen LogP contribution in [0, 0.1) is 17.8 Å². The number of nitrogens with zero attached hydrogens (tertiary/aromatic N) is 1. The fraction of sp³-hybridized carbons (Fsp3) is 0.947. The molecule has 2 rings (SSSR count). The average Bonchev–Trinajstić information content (AvgIpc) is 3.10. The molecule has 2 aliphatic rings. The highest BCUT2D eigenvalue weighted by Crippen LogP contribution is 2.29. The summed E-state index contributed by atoms with van der Waals surface area (Å²) < 4.78 is 11.1. The number of hydrogen-bond donors (Lipinski definition) is 2. The highest BCUT2D eigenvalue weighted by molar-refractivity contribution is 14.0. The van der Waals surface area contributed by atoms with Crippen LogP contribution in [-0.4, -0.2) is 52.0 Å². The summed E-state index contributed by atoms with van der Waals surface area (Å²) in [6, 6.07) is 0. The van der Waals surface area contributed by atoms with Crippen LogP contribution in [0.3, 0.4) is 0 Å². The van der Waals surface area contributed by atoms with E-state index in [2.05, 4.69) is 24.5 Å². The number of nitrogens with one attached hydrogen (secondary N) is 2. The van der Waals surface area contributed by atoms with Gasteiger partial charge in [-0.2, -0.15) is 0 Å². The summed E-state index contributed by atoms with van der Waals surface area (Å²) in [4.78, 5) is 4.81. The fourth-order valence-electron chi connectivity index (χ4n) is 3.56. The summed E-state index contributed by atoms with van der Waals surface area (Å²) in [5.41, 5.74) is 0. The topological polar surface area (TPSA) is 54.9 Å². The summed E-state index contributed by atoms with van der Waals surface area (Å²) in [6.07, 6.45) is 7.63. The molecule has 0 aromatic carbocycles. The van der Waals surface area contributed by atoms with E-state index in [9.17, 15) is 0 Å². The van der Waals surface area contributed by atoms with Crippen LogP contribution in [0.5, 0.6) is 0 Å². The van der Waals surface area contributed by atoms with Crippen molar-refractivity contribution in [2.75, 3.05) is 46.1 Å². The molecule has 6 heteroatoms. The number of rotatable bonds is 9. The smallest absolute Gasteiger partial charge is 0.191 e. The second kappa shape index (κ2) is 14.0. The van der Waals surface area contributed by atoms with E-state index in [4.69, 9.17) is 14.5 Å². The molecular weight excluding hydrogens is 429 g/mol. The normalized spacial score (nSPS) is 27.0. The first-order valence-corrected chi connectivity index (χ1v) is 9.97. The number of aliphatic imine (C=N–C) groups is 1. The quantitative estimate of drug-likeness (QED) is 0.236. The van der Waals surface area contributed by atoms with Gasteiger partial charge in [-0.25, -0.2) is 0 Å². The Kier molecular flexibility index (Phi) is 12.9. The van der Waals surface area contributed by atoms with Crippen molar-refractivity contribution < 1.29 is 9.47 Å². The lowest BCUT2D eigenvalue weighted by molar-refractivity contribution is 0.0888. The standard InChI is InChI=1S/C19H37N3O2.HI/c1-3-20-19(22-13-18-8-5-4-7-16(18)2)21-10-6-11-23-14-17-9-12-24-15-17;/h16-18H,3-15H2,1-2H3,(H2,20,21,22);1H. The Bertz CT molecular complexity index is 363. The Hall–Kier alpha value is -0.0800. The molecule has 0 bridgehead atoms. The summed E-state index contributed by atoms with van der Waals surface area (Å²) in [5, 5.41) is 6.79. The summed E-state index contributed by atoms with van der Waals surface area (Å²) >= 11 is 0. The van der Waals surface area contributed by atoms with Crippen LogP contribution in [0.2, 0.25) is 0 Å². The molecule has 1 aliphatic carbocycles. The second-order valence-corrected chi connectivity index (χ2v) is 7.33. The van der Waals surface area contributed by atoms with Crippen LogP contribution in [0.1, 0.15) is 52.4 Å². The predicted molar refractivity (Wildman–Crippen MR) is 115 cm³/mol. The van der Waals surface area contributed by atoms with E-state index in [1.165, 1.54) is 25.7 Å². The molecule has 2 fully saturated rings. The van der Waals surface area contributed by atoms with Gasteiger partial charge in [-0.3, -0.25) is 4.99 Å². The summed E-state index contributed by atoms with van der Waals surface area (Å²) in [6.45, 7) is 10.7. The van der Waals surface area contributed by atoms with Crippen molar-refractivity contribution in [2.24, 2.45) is 22.7 Å². The van der Waals surface area contributed by atoms with Gasteiger partial charge in [0, 0.05) is 38.8 Å². The number of halogens is 1. The van der Waals surface area contributed by atoms with Gasteiger partial charge in [-0.1, -0.05) is 26.2 Å². The van der Waals surface area contributed by atoms with Gasteiger partial charge in [0.1, 0.15) is 0 Å². The molecule has 2 N–H and O–H groups in total. The van der Waals surface area contributed by atoms with E-state index >= 15 is 0 Å². The molecule has 3 unspecified atom stereocenters. The first-order valence-electron chi connectivity index (χ1n) is 9.97. The lowest BCUT2D eigenvalue weighted by Gasteiger charge is -2.27. The van der Waals surface area contributed by atoms with Crippen molar-refractivity contribution in [3.8, 4) is 0 Å². The maximum atomic E-state index is 5.75. The maximum Gasteiger partial charge on any atom is 0.191 e. The van der Waals surface area contributed by atoms with Crippen molar-refractivity contribution >= 4 is 29.9 Å². The summed E-state index contributed by atoms with van der Waals surface area (Å²) in [5.74, 6) is 3.14. The van der Waals surface area contributed by atoms with Gasteiger partial charge in [0.2, 0.25) is 0 Å². The largest absolute Gasteiger partial charge is 0.381 e. The van der Waals surface area contributed by atoms with E-state index in [0.717, 1.165) is 76.7 Å². The van der Waals surface area contributed by atoms with E-state index in [1.54, 1.807) is 0 Å². The maximum absolute atomic E-state index is 5.75. The Labute approximate surface area is 171 Å². The molecule has 3 atom stereocenters. The summed E-state index contributed by atoms with van der Waals surface area (Å²) in [7, 11) is 0. The first kappa shape index (κ1) is 23.0. The Morgan fingerprint density at radius 2 is 2.04 bits per heavy atom. The molecule has 0 aromatic rings. The third kappa shape index (κ3) is 9.43. The monoisotopic (exact) mass is 467 g/mol. The van der Waals surface area contributed by atoms with Crippen molar-refractivity contribution in [1.29, 1.82) is 0 Å². The van der Waals surface area contributed by atoms with Gasteiger partial charge in [-0.15, -0.1) is 24.0 Å². The zero-order valence-corrected chi connectivity index (χ0v) is 18.4. The van der Waals surface area contributed by atoms with E-state index < -0.39 is 0 Å². The average molecular weight is 467 g/mol. The zero-order valence-electron chi connectivity index (χ0n) is 16.1. The molecule has 1 aliphatic heterocycles. The van der Waals surface area contributed by atoms with Crippen LogP contribution in [0.4, 0.5) is 0 Å². The minimum atomic E-state index is 0. The molecule has 5 nitrogen and oxygen atoms in total. The van der Waals surface area contributed by atoms with Gasteiger partial charge in [0.25, 0.3) is 0 Å². The molecule has 0 spiro atoms. The van der Waals surface area contributed by atoms with Crippen molar-refractivity contribution in [2.45, 2.75) is 52.4 Å². The molecule has 0 aromatic heterocycles. The second-order valence-electron chi connectivity index (χ2n) is 7.33. The minimum Gasteiger partial charge on any atom is -0.381 e. The van der Waals surface area contributed by atoms with Crippen molar-refractivity contribution in [3.63, 3.8) is 0 Å². The third-order valence-electron chi connectivity index (χ3n) is 5.25. The van der Waals surface area contributed by atoms with Crippen molar-refractivity contribution in [3.05, 3.63) is 0 Å². The minimum absolute atomic E-state index is 0. The predicted octanol–water partition coefficient (Wildman–Crippen LogP) is 3.43. The Balaban J connectivity index is 0.00000312. The molecule has 1 saturated carbocycles. The lowest BCUT2D eigenvalue weighted by Crippen LogP contribution is -2.38. The Morgan fingerprint density at radius 3 is 2.76 bits per heavy atom. The highest BCUT2D eigenvalue weighted by atomic mass is 127. The fourth-order valence-corrected chi connectivity index (χ4v) is 3.56. The van der Waals surface area contributed by atoms with E-state index in [1.807, 2.05) is 0 Å². The molecule has 0 radical (unpaired) electrons. The SMILES string of the molecule is CCNC(=NCC1CCCCC1C)NCCCOCC1CCOC1.I. The van der Waals surface area contributed by atoms with Crippen LogP contribution >= 0.6 is 24.0 Å². The third-order valence-corrected chi connectivity index (χ3v) is 5.25. The molecule has 148 valence electrons. The van der Waals surface area contributed by atoms with E-state index in [-0.39, 0.29) is 24.0 Å². The lowest BCUT2D eigenvalue weighted by atomic mass is 9.80. The van der Waals surface area contributed by atoms with Gasteiger partial charge in [0.15, 0.2) is 5.96 Å². The highest BCUT2D eigenvalue weighted by Gasteiger charge is 2.20. The molecular formula is C19H38IN3O2. The van der Waals surface area contributed by atoms with Crippen LogP contribution < -0.4 is 10.6 Å². The van der Waals surface area contributed by atoms with Crippen LogP contribution in [0.15, 0.2) is 4.99 Å². The van der Waals surface area contributed by atoms with Gasteiger partial charge in [0.05, 0.1) is 13.2 Å². The molecule has 1 heterocycles. The van der Waals surface area contributed by atoms with Crippen LogP contribution in [-0.2, 0) is 9.47 Å². The number of guanidine groups is 1. The Morgan fingerprint density at radius 1 is 1.20 bits per heavy atom. The number of hydrogen-bond acceptors (Lipinski definition) is 3. The molecule has 0 amide bonds. The first-order chi connectivity index (χ1) is 11.8. The van der Waals surface area contributed by atoms with Crippen molar-refractivity contribution in [1.82, 2.24) is 10.6 Å². The van der Waals surface area contributed by atoms with Gasteiger partial charge < -0.3 is 20.1 Å². The van der Waals surface area contributed by atoms with Crippen LogP contribution in [0.25, 0.3) is 0 Å².